The smallest absolute Gasteiger partial charge is 0.319 e. The first-order valence-corrected chi connectivity index (χ1v) is 7.46. The lowest BCUT2D eigenvalue weighted by atomic mass is 10.0. The standard InChI is InChI=1S/C13H13Cl3N2O3/c14-7-4-9(16)11(5-8(7)15)18-13(21)17-10-3-1-2-6(10)12(19)20/h4-6,10H,1-3H2,(H,19,20)(H2,17,18,21). The van der Waals surface area contributed by atoms with E-state index < -0.39 is 17.9 Å². The monoisotopic (exact) mass is 350 g/mol. The van der Waals surface area contributed by atoms with Crippen molar-refractivity contribution in [2.75, 3.05) is 5.32 Å². The van der Waals surface area contributed by atoms with Crippen LogP contribution in [0.5, 0.6) is 0 Å². The highest BCUT2D eigenvalue weighted by molar-refractivity contribution is 6.44. The zero-order chi connectivity index (χ0) is 15.6. The predicted molar refractivity (Wildman–Crippen MR) is 82.4 cm³/mol. The SMILES string of the molecule is O=C(Nc1cc(Cl)c(Cl)cc1Cl)NC1CCCC1C(=O)O. The molecule has 8 heteroatoms. The molecule has 0 spiro atoms. The second-order valence-corrected chi connectivity index (χ2v) is 6.05. The Morgan fingerprint density at radius 3 is 2.43 bits per heavy atom. The van der Waals surface area contributed by atoms with Crippen molar-refractivity contribution in [3.05, 3.63) is 27.2 Å². The summed E-state index contributed by atoms with van der Waals surface area (Å²) in [5.41, 5.74) is 0.313. The fourth-order valence-electron chi connectivity index (χ4n) is 2.37. The van der Waals surface area contributed by atoms with Gasteiger partial charge in [0.2, 0.25) is 0 Å². The number of carbonyl (C=O) groups excluding carboxylic acids is 1. The number of carbonyl (C=O) groups is 2. The summed E-state index contributed by atoms with van der Waals surface area (Å²) in [7, 11) is 0. The van der Waals surface area contributed by atoms with Crippen LogP contribution in [0.3, 0.4) is 0 Å². The first-order valence-electron chi connectivity index (χ1n) is 6.33. The van der Waals surface area contributed by atoms with Gasteiger partial charge in [0.25, 0.3) is 0 Å². The molecule has 21 heavy (non-hydrogen) atoms. The third kappa shape index (κ3) is 3.93. The molecule has 1 aromatic rings. The van der Waals surface area contributed by atoms with Gasteiger partial charge in [-0.1, -0.05) is 41.2 Å². The van der Waals surface area contributed by atoms with Crippen LogP contribution in [0.15, 0.2) is 12.1 Å². The number of anilines is 1. The van der Waals surface area contributed by atoms with Crippen molar-refractivity contribution in [3.63, 3.8) is 0 Å². The summed E-state index contributed by atoms with van der Waals surface area (Å²) in [6.45, 7) is 0. The summed E-state index contributed by atoms with van der Waals surface area (Å²) in [5.74, 6) is -1.45. The van der Waals surface area contributed by atoms with Crippen molar-refractivity contribution in [1.29, 1.82) is 0 Å². The summed E-state index contributed by atoms with van der Waals surface area (Å²) in [5, 5.41) is 15.1. The first-order chi connectivity index (χ1) is 9.88. The molecule has 0 heterocycles. The van der Waals surface area contributed by atoms with Crippen molar-refractivity contribution < 1.29 is 14.7 Å². The van der Waals surface area contributed by atoms with Gasteiger partial charge in [0.15, 0.2) is 0 Å². The topological polar surface area (TPSA) is 78.4 Å². The van der Waals surface area contributed by atoms with Gasteiger partial charge in [0.1, 0.15) is 0 Å². The number of nitrogens with one attached hydrogen (secondary N) is 2. The number of rotatable bonds is 3. The van der Waals surface area contributed by atoms with Crippen LogP contribution in [-0.4, -0.2) is 23.1 Å². The van der Waals surface area contributed by atoms with Gasteiger partial charge in [0, 0.05) is 6.04 Å². The van der Waals surface area contributed by atoms with Crippen LogP contribution in [-0.2, 0) is 4.79 Å². The van der Waals surface area contributed by atoms with E-state index in [1.165, 1.54) is 12.1 Å². The molecule has 2 unspecified atom stereocenters. The van der Waals surface area contributed by atoms with E-state index in [-0.39, 0.29) is 21.1 Å². The van der Waals surface area contributed by atoms with E-state index in [2.05, 4.69) is 10.6 Å². The Kier molecular flexibility index (Phi) is 5.19. The van der Waals surface area contributed by atoms with Gasteiger partial charge in [-0.25, -0.2) is 4.79 Å². The van der Waals surface area contributed by atoms with Crippen molar-refractivity contribution in [1.82, 2.24) is 5.32 Å². The molecule has 1 aliphatic carbocycles. The third-order valence-electron chi connectivity index (χ3n) is 3.41. The highest BCUT2D eigenvalue weighted by atomic mass is 35.5. The van der Waals surface area contributed by atoms with Crippen LogP contribution < -0.4 is 10.6 Å². The third-order valence-corrected chi connectivity index (χ3v) is 4.44. The number of amides is 2. The number of hydrogen-bond acceptors (Lipinski definition) is 2. The summed E-state index contributed by atoms with van der Waals surface area (Å²) in [6, 6.07) is 1.96. The zero-order valence-corrected chi connectivity index (χ0v) is 13.1. The van der Waals surface area contributed by atoms with Crippen LogP contribution in [0, 0.1) is 5.92 Å². The van der Waals surface area contributed by atoms with Gasteiger partial charge in [-0.3, -0.25) is 4.79 Å². The minimum absolute atomic E-state index is 0.251. The lowest BCUT2D eigenvalue weighted by Crippen LogP contribution is -2.42. The number of carboxylic acids is 1. The molecule has 1 fully saturated rings. The van der Waals surface area contributed by atoms with E-state index in [1.54, 1.807) is 0 Å². The van der Waals surface area contributed by atoms with E-state index in [0.29, 0.717) is 18.5 Å². The van der Waals surface area contributed by atoms with Crippen molar-refractivity contribution in [2.45, 2.75) is 25.3 Å². The molecule has 5 nitrogen and oxygen atoms in total. The van der Waals surface area contributed by atoms with E-state index >= 15 is 0 Å². The summed E-state index contributed by atoms with van der Waals surface area (Å²) in [6.07, 6.45) is 1.97. The van der Waals surface area contributed by atoms with E-state index in [9.17, 15) is 9.59 Å². The summed E-state index contributed by atoms with van der Waals surface area (Å²) < 4.78 is 0. The molecule has 114 valence electrons. The van der Waals surface area contributed by atoms with E-state index in [4.69, 9.17) is 39.9 Å². The average Bonchev–Trinajstić information content (AvgIpc) is 2.84. The number of carboxylic acid groups (broad SMARTS) is 1. The van der Waals surface area contributed by atoms with Crippen molar-refractivity contribution >= 4 is 52.5 Å². The van der Waals surface area contributed by atoms with Crippen molar-refractivity contribution in [3.8, 4) is 0 Å². The summed E-state index contributed by atoms with van der Waals surface area (Å²) in [4.78, 5) is 23.0. The largest absolute Gasteiger partial charge is 0.481 e. The van der Waals surface area contributed by atoms with Gasteiger partial charge in [-0.2, -0.15) is 0 Å². The number of benzene rings is 1. The Labute approximate surface area is 136 Å². The molecule has 0 saturated heterocycles. The van der Waals surface area contributed by atoms with Crippen molar-refractivity contribution in [2.24, 2.45) is 5.92 Å². The molecule has 0 aromatic heterocycles. The molecule has 2 atom stereocenters. The molecule has 0 radical (unpaired) electrons. The highest BCUT2D eigenvalue weighted by Gasteiger charge is 2.33. The van der Waals surface area contributed by atoms with Gasteiger partial charge >= 0.3 is 12.0 Å². The number of halogens is 3. The lowest BCUT2D eigenvalue weighted by Gasteiger charge is -2.18. The Bertz CT molecular complexity index is 580. The second-order valence-electron chi connectivity index (χ2n) is 4.83. The Morgan fingerprint density at radius 2 is 1.76 bits per heavy atom. The van der Waals surface area contributed by atoms with Gasteiger partial charge in [-0.15, -0.1) is 0 Å². The average molecular weight is 352 g/mol. The van der Waals surface area contributed by atoms with Gasteiger partial charge in [-0.05, 0) is 25.0 Å². The highest BCUT2D eigenvalue weighted by Crippen LogP contribution is 2.32. The lowest BCUT2D eigenvalue weighted by molar-refractivity contribution is -0.142. The maximum absolute atomic E-state index is 11.9. The molecular formula is C13H13Cl3N2O3. The second kappa shape index (κ2) is 6.73. The Hall–Kier alpha value is -1.17. The molecule has 2 amide bonds. The molecular weight excluding hydrogens is 339 g/mol. The van der Waals surface area contributed by atoms with E-state index in [1.807, 2.05) is 0 Å². The quantitative estimate of drug-likeness (QED) is 0.720. The molecule has 1 aliphatic rings. The van der Waals surface area contributed by atoms with Crippen LogP contribution in [0.4, 0.5) is 10.5 Å². The molecule has 1 aromatic carbocycles. The fourth-order valence-corrected chi connectivity index (χ4v) is 2.97. The van der Waals surface area contributed by atoms with E-state index in [0.717, 1.165) is 6.42 Å². The van der Waals surface area contributed by atoms with Crippen LogP contribution in [0.2, 0.25) is 15.1 Å². The molecule has 0 bridgehead atoms. The number of aliphatic carboxylic acids is 1. The first kappa shape index (κ1) is 16.2. The van der Waals surface area contributed by atoms with Crippen LogP contribution >= 0.6 is 34.8 Å². The molecule has 1 saturated carbocycles. The Morgan fingerprint density at radius 1 is 1.10 bits per heavy atom. The predicted octanol–water partition coefficient (Wildman–Crippen LogP) is 4.02. The van der Waals surface area contributed by atoms with Gasteiger partial charge in [0.05, 0.1) is 26.7 Å². The number of hydrogen-bond donors (Lipinski definition) is 3. The van der Waals surface area contributed by atoms with Crippen LogP contribution in [0.25, 0.3) is 0 Å². The molecule has 0 aliphatic heterocycles. The normalized spacial score (nSPS) is 21.1. The maximum Gasteiger partial charge on any atom is 0.319 e. The maximum atomic E-state index is 11.9. The van der Waals surface area contributed by atoms with Crippen LogP contribution in [0.1, 0.15) is 19.3 Å². The molecule has 2 rings (SSSR count). The number of urea groups is 1. The molecule has 3 N–H and O–H groups in total. The fraction of sp³-hybridized carbons (Fsp3) is 0.385. The Balaban J connectivity index is 2.02. The van der Waals surface area contributed by atoms with Gasteiger partial charge < -0.3 is 15.7 Å². The minimum atomic E-state index is -0.898. The minimum Gasteiger partial charge on any atom is -0.481 e. The summed E-state index contributed by atoms with van der Waals surface area (Å²) >= 11 is 17.6. The zero-order valence-electron chi connectivity index (χ0n) is 10.8.